The maximum absolute atomic E-state index is 10.7. The van der Waals surface area contributed by atoms with E-state index in [1.165, 1.54) is 17.4 Å². The summed E-state index contributed by atoms with van der Waals surface area (Å²) in [6.07, 6.45) is 0. The Morgan fingerprint density at radius 3 is 2.80 bits per heavy atom. The number of nitrogens with two attached hydrogens (primary N) is 1. The molecule has 1 aromatic heterocycles. The Kier molecular flexibility index (Phi) is 2.39. The molecule has 0 spiro atoms. The Labute approximate surface area is 90.1 Å². The molecule has 5 heteroatoms. The van der Waals surface area contributed by atoms with Gasteiger partial charge in [-0.05, 0) is 17.5 Å². The van der Waals surface area contributed by atoms with Gasteiger partial charge in [-0.15, -0.1) is 11.3 Å². The van der Waals surface area contributed by atoms with Crippen LogP contribution in [0.15, 0.2) is 35.7 Å². The van der Waals surface area contributed by atoms with Gasteiger partial charge in [-0.25, -0.2) is 0 Å². The molecule has 1 aromatic carbocycles. The van der Waals surface area contributed by atoms with Gasteiger partial charge in [0.1, 0.15) is 4.88 Å². The third-order valence-corrected chi connectivity index (χ3v) is 2.94. The third kappa shape index (κ3) is 1.82. The quantitative estimate of drug-likeness (QED) is 0.480. The summed E-state index contributed by atoms with van der Waals surface area (Å²) in [6.45, 7) is 0. The number of hydrogen-bond donors (Lipinski definition) is 1. The van der Waals surface area contributed by atoms with E-state index in [1.54, 1.807) is 23.6 Å². The second kappa shape index (κ2) is 3.70. The van der Waals surface area contributed by atoms with Crippen molar-refractivity contribution in [3.8, 4) is 10.4 Å². The summed E-state index contributed by atoms with van der Waals surface area (Å²) in [5.74, 6) is 0. The average Bonchev–Trinajstić information content (AvgIpc) is 2.65. The molecule has 1 heterocycles. The summed E-state index contributed by atoms with van der Waals surface area (Å²) in [4.78, 5) is 11.0. The Morgan fingerprint density at radius 2 is 2.13 bits per heavy atom. The number of thiophene rings is 1. The van der Waals surface area contributed by atoms with E-state index in [-0.39, 0.29) is 10.6 Å². The van der Waals surface area contributed by atoms with Gasteiger partial charge in [0.05, 0.1) is 4.92 Å². The maximum Gasteiger partial charge on any atom is 0.287 e. The Hall–Kier alpha value is -1.88. The molecule has 2 rings (SSSR count). The number of benzene rings is 1. The van der Waals surface area contributed by atoms with Crippen LogP contribution in [0.5, 0.6) is 0 Å². The Balaban J connectivity index is 2.54. The van der Waals surface area contributed by atoms with Crippen LogP contribution in [0.3, 0.4) is 0 Å². The summed E-state index contributed by atoms with van der Waals surface area (Å²) in [5, 5.41) is 12.4. The Morgan fingerprint density at radius 1 is 1.33 bits per heavy atom. The SMILES string of the molecule is Nc1cccc(-c2sccc2[N+](=O)[O-])c1. The van der Waals surface area contributed by atoms with Gasteiger partial charge in [-0.3, -0.25) is 10.1 Å². The lowest BCUT2D eigenvalue weighted by atomic mass is 10.1. The first-order valence-electron chi connectivity index (χ1n) is 4.26. The van der Waals surface area contributed by atoms with Crippen molar-refractivity contribution in [3.05, 3.63) is 45.8 Å². The minimum absolute atomic E-state index is 0.130. The number of rotatable bonds is 2. The van der Waals surface area contributed by atoms with E-state index in [2.05, 4.69) is 0 Å². The molecule has 2 aromatic rings. The summed E-state index contributed by atoms with van der Waals surface area (Å²) in [5.41, 5.74) is 7.15. The first kappa shape index (κ1) is 9.67. The number of nitrogens with zero attached hydrogens (tertiary/aromatic N) is 1. The number of anilines is 1. The first-order valence-corrected chi connectivity index (χ1v) is 5.14. The molecule has 76 valence electrons. The molecule has 0 radical (unpaired) electrons. The lowest BCUT2D eigenvalue weighted by molar-refractivity contribution is -0.383. The highest BCUT2D eigenvalue weighted by Gasteiger charge is 2.16. The average molecular weight is 220 g/mol. The zero-order chi connectivity index (χ0) is 10.8. The van der Waals surface area contributed by atoms with Gasteiger partial charge in [0.15, 0.2) is 0 Å². The monoisotopic (exact) mass is 220 g/mol. The van der Waals surface area contributed by atoms with Gasteiger partial charge in [0.25, 0.3) is 5.69 Å². The largest absolute Gasteiger partial charge is 0.399 e. The van der Waals surface area contributed by atoms with E-state index in [1.807, 2.05) is 6.07 Å². The first-order chi connectivity index (χ1) is 7.18. The van der Waals surface area contributed by atoms with E-state index in [0.717, 1.165) is 5.56 Å². The molecule has 0 aliphatic heterocycles. The van der Waals surface area contributed by atoms with Crippen LogP contribution in [-0.2, 0) is 0 Å². The molecule has 0 aliphatic carbocycles. The standard InChI is InChI=1S/C10H8N2O2S/c11-8-3-1-2-7(6-8)10-9(12(13)14)4-5-15-10/h1-6H,11H2. The van der Waals surface area contributed by atoms with Crippen molar-refractivity contribution >= 4 is 22.7 Å². The van der Waals surface area contributed by atoms with Crippen molar-refractivity contribution in [2.75, 3.05) is 5.73 Å². The molecule has 0 saturated heterocycles. The molecular weight excluding hydrogens is 212 g/mol. The summed E-state index contributed by atoms with van der Waals surface area (Å²) in [7, 11) is 0. The van der Waals surface area contributed by atoms with Gasteiger partial charge >= 0.3 is 0 Å². The van der Waals surface area contributed by atoms with E-state index in [4.69, 9.17) is 5.73 Å². The van der Waals surface area contributed by atoms with Crippen LogP contribution >= 0.6 is 11.3 Å². The Bertz CT molecular complexity index is 508. The lowest BCUT2D eigenvalue weighted by Gasteiger charge is -1.98. The summed E-state index contributed by atoms with van der Waals surface area (Å²) in [6, 6.07) is 8.59. The predicted octanol–water partition coefficient (Wildman–Crippen LogP) is 2.91. The molecule has 0 aliphatic rings. The molecule has 0 bridgehead atoms. The molecule has 0 saturated carbocycles. The van der Waals surface area contributed by atoms with Crippen LogP contribution in [0.2, 0.25) is 0 Å². The molecule has 0 atom stereocenters. The van der Waals surface area contributed by atoms with Crippen molar-refractivity contribution in [3.63, 3.8) is 0 Å². The molecule has 0 amide bonds. The van der Waals surface area contributed by atoms with E-state index >= 15 is 0 Å². The number of hydrogen-bond acceptors (Lipinski definition) is 4. The molecule has 0 fully saturated rings. The second-order valence-electron chi connectivity index (χ2n) is 3.02. The zero-order valence-corrected chi connectivity index (χ0v) is 8.53. The minimum Gasteiger partial charge on any atom is -0.399 e. The van der Waals surface area contributed by atoms with Crippen LogP contribution < -0.4 is 5.73 Å². The van der Waals surface area contributed by atoms with Crippen molar-refractivity contribution < 1.29 is 4.92 Å². The van der Waals surface area contributed by atoms with Gasteiger partial charge in [0, 0.05) is 17.3 Å². The van der Waals surface area contributed by atoms with Crippen molar-refractivity contribution in [2.45, 2.75) is 0 Å². The predicted molar refractivity (Wildman–Crippen MR) is 60.8 cm³/mol. The van der Waals surface area contributed by atoms with Gasteiger partial charge in [-0.2, -0.15) is 0 Å². The fourth-order valence-electron chi connectivity index (χ4n) is 1.34. The van der Waals surface area contributed by atoms with Gasteiger partial charge in [0.2, 0.25) is 0 Å². The minimum atomic E-state index is -0.380. The maximum atomic E-state index is 10.7. The highest BCUT2D eigenvalue weighted by atomic mass is 32.1. The van der Waals surface area contributed by atoms with E-state index in [0.29, 0.717) is 10.6 Å². The topological polar surface area (TPSA) is 69.2 Å². The normalized spacial score (nSPS) is 10.1. The van der Waals surface area contributed by atoms with Crippen molar-refractivity contribution in [2.24, 2.45) is 0 Å². The van der Waals surface area contributed by atoms with Gasteiger partial charge < -0.3 is 5.73 Å². The summed E-state index contributed by atoms with van der Waals surface area (Å²) < 4.78 is 0. The van der Waals surface area contributed by atoms with Crippen LogP contribution in [-0.4, -0.2) is 4.92 Å². The molecule has 2 N–H and O–H groups in total. The van der Waals surface area contributed by atoms with E-state index < -0.39 is 0 Å². The molecule has 0 unspecified atom stereocenters. The number of nitro groups is 1. The van der Waals surface area contributed by atoms with Gasteiger partial charge in [-0.1, -0.05) is 12.1 Å². The van der Waals surface area contributed by atoms with Crippen LogP contribution in [0.25, 0.3) is 10.4 Å². The third-order valence-electron chi connectivity index (χ3n) is 1.99. The molecular formula is C10H8N2O2S. The smallest absolute Gasteiger partial charge is 0.287 e. The highest BCUT2D eigenvalue weighted by Crippen LogP contribution is 2.35. The van der Waals surface area contributed by atoms with Crippen molar-refractivity contribution in [1.29, 1.82) is 0 Å². The zero-order valence-electron chi connectivity index (χ0n) is 7.71. The van der Waals surface area contributed by atoms with Crippen LogP contribution in [0.4, 0.5) is 11.4 Å². The molecule has 4 nitrogen and oxygen atoms in total. The number of nitrogen functional groups attached to an aromatic ring is 1. The van der Waals surface area contributed by atoms with Crippen molar-refractivity contribution in [1.82, 2.24) is 0 Å². The fraction of sp³-hybridized carbons (Fsp3) is 0. The second-order valence-corrected chi connectivity index (χ2v) is 3.93. The molecule has 15 heavy (non-hydrogen) atoms. The van der Waals surface area contributed by atoms with E-state index in [9.17, 15) is 10.1 Å². The summed E-state index contributed by atoms with van der Waals surface area (Å²) >= 11 is 1.34. The van der Waals surface area contributed by atoms with Crippen LogP contribution in [0.1, 0.15) is 0 Å². The lowest BCUT2D eigenvalue weighted by Crippen LogP contribution is -1.88. The van der Waals surface area contributed by atoms with Crippen LogP contribution in [0, 0.1) is 10.1 Å². The fourth-order valence-corrected chi connectivity index (χ4v) is 2.20. The highest BCUT2D eigenvalue weighted by molar-refractivity contribution is 7.14.